The van der Waals surface area contributed by atoms with E-state index in [1.165, 1.54) is 17.2 Å². The highest BCUT2D eigenvalue weighted by Gasteiger charge is 2.52. The van der Waals surface area contributed by atoms with Gasteiger partial charge in [-0.15, -0.1) is 0 Å². The summed E-state index contributed by atoms with van der Waals surface area (Å²) in [4.78, 5) is 4.41. The predicted molar refractivity (Wildman–Crippen MR) is 130 cm³/mol. The number of aryl methyl sites for hydroxylation is 1. The zero-order chi connectivity index (χ0) is 24.2. The van der Waals surface area contributed by atoms with Gasteiger partial charge in [-0.3, -0.25) is 0 Å². The molecule has 2 aromatic carbocycles. The van der Waals surface area contributed by atoms with Crippen molar-refractivity contribution in [3.63, 3.8) is 0 Å². The lowest BCUT2D eigenvalue weighted by Gasteiger charge is -2.36. The molecule has 0 spiro atoms. The highest BCUT2D eigenvalue weighted by molar-refractivity contribution is 5.67. The topological polar surface area (TPSA) is 60.8 Å². The molecule has 3 aromatic rings. The summed E-state index contributed by atoms with van der Waals surface area (Å²) in [5.41, 5.74) is 5.34. The largest absolute Gasteiger partial charge is 0.489 e. The zero-order valence-electron chi connectivity index (χ0n) is 20.1. The van der Waals surface area contributed by atoms with Crippen LogP contribution in [0.4, 0.5) is 4.39 Å². The fourth-order valence-electron chi connectivity index (χ4n) is 5.55. The zero-order valence-corrected chi connectivity index (χ0v) is 20.1. The third-order valence-corrected chi connectivity index (χ3v) is 7.89. The third-order valence-electron chi connectivity index (χ3n) is 7.89. The molecule has 0 radical (unpaired) electrons. The van der Waals surface area contributed by atoms with Crippen molar-refractivity contribution in [2.24, 2.45) is 11.8 Å². The normalized spacial score (nSPS) is 23.3. The van der Waals surface area contributed by atoms with Crippen molar-refractivity contribution in [1.29, 1.82) is 0 Å². The summed E-state index contributed by atoms with van der Waals surface area (Å²) in [6, 6.07) is 13.3. The summed E-state index contributed by atoms with van der Waals surface area (Å²) in [7, 11) is 0. The Morgan fingerprint density at radius 1 is 1.14 bits per heavy atom. The van der Waals surface area contributed by atoms with Crippen LogP contribution in [0.2, 0.25) is 0 Å². The average molecular weight is 476 g/mol. The van der Waals surface area contributed by atoms with E-state index in [1.807, 2.05) is 25.1 Å². The molecule has 1 N–H and O–H groups in total. The second kappa shape index (κ2) is 8.61. The first-order valence-electron chi connectivity index (χ1n) is 12.3. The van der Waals surface area contributed by atoms with Gasteiger partial charge in [0.1, 0.15) is 23.8 Å². The molecule has 2 heterocycles. The molecule has 2 fully saturated rings. The summed E-state index contributed by atoms with van der Waals surface area (Å²) in [5.74, 6) is 3.34. The smallest absolute Gasteiger partial charge is 0.213 e. The van der Waals surface area contributed by atoms with Gasteiger partial charge in [0, 0.05) is 29.8 Å². The SMILES string of the molecule is Cc1cc(OCCC2(O)COC2)ncc1-c1ccc(F)c(COc2ccc3c(c2)C[C@H]2[C@H](C)[C@@H]32)c1. The van der Waals surface area contributed by atoms with Gasteiger partial charge in [0.05, 0.1) is 19.8 Å². The lowest BCUT2D eigenvalue weighted by Crippen LogP contribution is -2.50. The minimum atomic E-state index is -0.777. The molecule has 1 aromatic heterocycles. The lowest BCUT2D eigenvalue weighted by atomic mass is 9.99. The van der Waals surface area contributed by atoms with Crippen molar-refractivity contribution in [3.8, 4) is 22.8 Å². The highest BCUT2D eigenvalue weighted by atomic mass is 19.1. The van der Waals surface area contributed by atoms with Crippen LogP contribution in [0.3, 0.4) is 0 Å². The summed E-state index contributed by atoms with van der Waals surface area (Å²) in [6.07, 6.45) is 3.38. The van der Waals surface area contributed by atoms with Gasteiger partial charge in [0.25, 0.3) is 0 Å². The fourth-order valence-corrected chi connectivity index (χ4v) is 5.55. The van der Waals surface area contributed by atoms with Crippen molar-refractivity contribution in [1.82, 2.24) is 4.98 Å². The van der Waals surface area contributed by atoms with Crippen LogP contribution < -0.4 is 9.47 Å². The van der Waals surface area contributed by atoms with Crippen LogP contribution in [-0.4, -0.2) is 35.5 Å². The molecular weight excluding hydrogens is 445 g/mol. The Morgan fingerprint density at radius 3 is 2.77 bits per heavy atom. The van der Waals surface area contributed by atoms with Crippen LogP contribution >= 0.6 is 0 Å². The molecule has 6 rings (SSSR count). The van der Waals surface area contributed by atoms with Crippen molar-refractivity contribution < 1.29 is 23.7 Å². The van der Waals surface area contributed by atoms with E-state index in [2.05, 4.69) is 24.0 Å². The Kier molecular flexibility index (Phi) is 5.53. The molecule has 6 heteroatoms. The molecular formula is C29H30FNO4. The number of halogens is 1. The molecule has 182 valence electrons. The molecule has 2 aliphatic carbocycles. The van der Waals surface area contributed by atoms with E-state index in [0.717, 1.165) is 46.6 Å². The van der Waals surface area contributed by atoms with E-state index in [1.54, 1.807) is 12.3 Å². The molecule has 0 unspecified atom stereocenters. The monoisotopic (exact) mass is 475 g/mol. The van der Waals surface area contributed by atoms with Gasteiger partial charge in [-0.05, 0) is 77.6 Å². The quantitative estimate of drug-likeness (QED) is 0.485. The Bertz CT molecular complexity index is 1270. The number of nitrogens with zero attached hydrogens (tertiary/aromatic N) is 1. The summed E-state index contributed by atoms with van der Waals surface area (Å²) in [5, 5.41) is 10.1. The van der Waals surface area contributed by atoms with Crippen molar-refractivity contribution in [3.05, 3.63) is 76.7 Å². The second-order valence-corrected chi connectivity index (χ2v) is 10.4. The minimum absolute atomic E-state index is 0.169. The van der Waals surface area contributed by atoms with Gasteiger partial charge >= 0.3 is 0 Å². The lowest BCUT2D eigenvalue weighted by molar-refractivity contribution is -0.184. The molecule has 3 aliphatic rings. The van der Waals surface area contributed by atoms with E-state index in [9.17, 15) is 9.50 Å². The van der Waals surface area contributed by atoms with E-state index in [-0.39, 0.29) is 12.4 Å². The Morgan fingerprint density at radius 2 is 2.00 bits per heavy atom. The molecule has 1 saturated carbocycles. The van der Waals surface area contributed by atoms with Crippen LogP contribution in [0, 0.1) is 24.6 Å². The predicted octanol–water partition coefficient (Wildman–Crippen LogP) is 5.21. The minimum Gasteiger partial charge on any atom is -0.489 e. The third kappa shape index (κ3) is 4.30. The molecule has 1 aliphatic heterocycles. The maximum absolute atomic E-state index is 14.6. The number of aliphatic hydroxyl groups is 1. The van der Waals surface area contributed by atoms with Gasteiger partial charge in [-0.25, -0.2) is 9.37 Å². The van der Waals surface area contributed by atoms with Gasteiger partial charge in [-0.1, -0.05) is 19.1 Å². The van der Waals surface area contributed by atoms with E-state index in [0.29, 0.717) is 37.7 Å². The van der Waals surface area contributed by atoms with Crippen LogP contribution in [-0.2, 0) is 17.8 Å². The average Bonchev–Trinajstić information content (AvgIpc) is 3.28. The number of fused-ring (bicyclic) bond motifs is 3. The summed E-state index contributed by atoms with van der Waals surface area (Å²) < 4.78 is 31.4. The Hall–Kier alpha value is -2.96. The highest BCUT2D eigenvalue weighted by Crippen LogP contribution is 2.61. The Labute approximate surface area is 204 Å². The maximum Gasteiger partial charge on any atom is 0.213 e. The number of hydrogen-bond acceptors (Lipinski definition) is 5. The number of rotatable bonds is 8. The standard InChI is InChI=1S/C29H30FNO4/c1-17-9-27(34-8-7-29(32)15-33-16-29)31-13-25(17)19-3-6-26(30)21(10-19)14-35-22-4-5-23-20(11-22)12-24-18(2)28(23)24/h3-6,9-11,13,18,24,28,32H,7-8,12,14-16H2,1-2H3/t18-,24-,28-/m0/s1. The van der Waals surface area contributed by atoms with Crippen LogP contribution in [0.5, 0.6) is 11.6 Å². The molecule has 0 bridgehead atoms. The van der Waals surface area contributed by atoms with Crippen molar-refractivity contribution in [2.75, 3.05) is 19.8 Å². The first-order valence-corrected chi connectivity index (χ1v) is 12.3. The fraction of sp³-hybridized carbons (Fsp3) is 0.414. The molecule has 5 nitrogen and oxygen atoms in total. The molecule has 35 heavy (non-hydrogen) atoms. The second-order valence-electron chi connectivity index (χ2n) is 10.4. The Balaban J connectivity index is 1.12. The van der Waals surface area contributed by atoms with Gasteiger partial charge in [0.2, 0.25) is 5.88 Å². The molecule has 1 saturated heterocycles. The molecule has 3 atom stereocenters. The summed E-state index contributed by atoms with van der Waals surface area (Å²) >= 11 is 0. The van der Waals surface area contributed by atoms with E-state index >= 15 is 0 Å². The number of hydrogen-bond donors (Lipinski definition) is 1. The van der Waals surface area contributed by atoms with Crippen LogP contribution in [0.1, 0.15) is 41.5 Å². The van der Waals surface area contributed by atoms with E-state index in [4.69, 9.17) is 14.2 Å². The molecule has 0 amide bonds. The maximum atomic E-state index is 14.6. The van der Waals surface area contributed by atoms with Gasteiger partial charge in [0.15, 0.2) is 0 Å². The number of aromatic nitrogens is 1. The van der Waals surface area contributed by atoms with Crippen LogP contribution in [0.15, 0.2) is 48.7 Å². The van der Waals surface area contributed by atoms with Gasteiger partial charge in [-0.2, -0.15) is 0 Å². The van der Waals surface area contributed by atoms with Crippen molar-refractivity contribution in [2.45, 2.75) is 44.8 Å². The summed E-state index contributed by atoms with van der Waals surface area (Å²) in [6.45, 7) is 5.55. The number of pyridine rings is 1. The number of benzene rings is 2. The van der Waals surface area contributed by atoms with Gasteiger partial charge < -0.3 is 19.3 Å². The van der Waals surface area contributed by atoms with E-state index < -0.39 is 5.60 Å². The number of ether oxygens (including phenoxy) is 3. The van der Waals surface area contributed by atoms with Crippen LogP contribution in [0.25, 0.3) is 11.1 Å². The first-order chi connectivity index (χ1) is 16.9. The van der Waals surface area contributed by atoms with Crippen molar-refractivity contribution >= 4 is 0 Å². The first kappa shape index (κ1) is 22.5.